The zero-order chi connectivity index (χ0) is 22.2. The van der Waals surface area contributed by atoms with E-state index in [0.717, 1.165) is 46.0 Å². The SMILES string of the molecule is NCC(=O)OC1c2c(nc3c(Br)cnn3c2NCc2ccc[n+]([O-])c2)NC2CCCC[C@H]21. The van der Waals surface area contributed by atoms with Crippen molar-refractivity contribution in [3.63, 3.8) is 0 Å². The number of hydrogen-bond donors (Lipinski definition) is 3. The van der Waals surface area contributed by atoms with Crippen LogP contribution in [0.15, 0.2) is 35.2 Å². The number of fused-ring (bicyclic) bond motifs is 3. The number of hydrogen-bond acceptors (Lipinski definition) is 8. The molecular weight excluding hydrogens is 478 g/mol. The molecule has 168 valence electrons. The third-order valence-electron chi connectivity index (χ3n) is 6.18. The lowest BCUT2D eigenvalue weighted by Crippen LogP contribution is -2.43. The van der Waals surface area contributed by atoms with Crippen LogP contribution < -0.4 is 21.1 Å². The molecule has 4 N–H and O–H groups in total. The summed E-state index contributed by atoms with van der Waals surface area (Å²) < 4.78 is 9.13. The maximum atomic E-state index is 12.3. The van der Waals surface area contributed by atoms with E-state index >= 15 is 0 Å². The fraction of sp³-hybridized carbons (Fsp3) is 0.429. The van der Waals surface area contributed by atoms with Gasteiger partial charge >= 0.3 is 5.97 Å². The standard InChI is InChI=1S/C21H24BrN7O3/c22-14-10-25-29-20(14)27-19-17(21(29)24-9-12-4-3-7-28(31)11-12)18(32-16(30)8-23)13-5-1-2-6-15(13)26-19/h3-4,7,10-11,13,15,18,24H,1-2,5-6,8-9,23H2,(H,26,27)/t13-,15?,18?/m1/s1. The Hall–Kier alpha value is -2.92. The molecule has 0 aromatic carbocycles. The number of ether oxygens (including phenoxy) is 1. The highest BCUT2D eigenvalue weighted by Gasteiger charge is 2.43. The van der Waals surface area contributed by atoms with E-state index < -0.39 is 12.1 Å². The molecule has 0 spiro atoms. The maximum Gasteiger partial charge on any atom is 0.320 e. The summed E-state index contributed by atoms with van der Waals surface area (Å²) in [5.74, 6) is 1.01. The first-order valence-electron chi connectivity index (χ1n) is 10.7. The second-order valence-electron chi connectivity index (χ2n) is 8.19. The number of rotatable bonds is 5. The molecule has 2 unspecified atom stereocenters. The van der Waals surface area contributed by atoms with Crippen molar-refractivity contribution in [2.45, 2.75) is 44.4 Å². The largest absolute Gasteiger partial charge is 0.619 e. The Bertz CT molecular complexity index is 1170. The van der Waals surface area contributed by atoms with Gasteiger partial charge in [0.05, 0.1) is 22.8 Å². The molecule has 0 radical (unpaired) electrons. The van der Waals surface area contributed by atoms with E-state index in [1.165, 1.54) is 12.4 Å². The van der Waals surface area contributed by atoms with E-state index in [1.807, 2.05) is 6.07 Å². The lowest BCUT2D eigenvalue weighted by Gasteiger charge is -2.42. The van der Waals surface area contributed by atoms with Crippen molar-refractivity contribution in [2.75, 3.05) is 17.2 Å². The molecule has 0 amide bonds. The van der Waals surface area contributed by atoms with Gasteiger partial charge in [-0.1, -0.05) is 12.8 Å². The Morgan fingerprint density at radius 2 is 2.28 bits per heavy atom. The molecule has 2 aliphatic rings. The summed E-state index contributed by atoms with van der Waals surface area (Å²) in [5.41, 5.74) is 7.78. The molecule has 3 aromatic rings. The summed E-state index contributed by atoms with van der Waals surface area (Å²) in [6.07, 6.45) is 8.27. The van der Waals surface area contributed by atoms with E-state index in [0.29, 0.717) is 23.8 Å². The Balaban J connectivity index is 1.63. The van der Waals surface area contributed by atoms with Gasteiger partial charge in [0.1, 0.15) is 17.7 Å². The first-order chi connectivity index (χ1) is 15.5. The predicted molar refractivity (Wildman–Crippen MR) is 121 cm³/mol. The summed E-state index contributed by atoms with van der Waals surface area (Å²) in [6, 6.07) is 3.74. The van der Waals surface area contributed by atoms with Gasteiger partial charge in [-0.15, -0.1) is 0 Å². The van der Waals surface area contributed by atoms with Crippen molar-refractivity contribution in [1.29, 1.82) is 0 Å². The summed E-state index contributed by atoms with van der Waals surface area (Å²) in [6.45, 7) is 0.202. The number of pyridine rings is 1. The zero-order valence-corrected chi connectivity index (χ0v) is 18.9. The van der Waals surface area contributed by atoms with Gasteiger partial charge in [0.2, 0.25) is 0 Å². The van der Waals surface area contributed by atoms with Crippen molar-refractivity contribution in [2.24, 2.45) is 11.7 Å². The van der Waals surface area contributed by atoms with Crippen LogP contribution >= 0.6 is 15.9 Å². The van der Waals surface area contributed by atoms with Crippen LogP contribution in [0.5, 0.6) is 0 Å². The van der Waals surface area contributed by atoms with Crippen molar-refractivity contribution < 1.29 is 14.3 Å². The van der Waals surface area contributed by atoms with Crippen LogP contribution in [-0.2, 0) is 16.1 Å². The van der Waals surface area contributed by atoms with Gasteiger partial charge in [-0.3, -0.25) is 4.79 Å². The number of nitrogens with two attached hydrogens (primary N) is 1. The molecule has 1 aliphatic heterocycles. The number of esters is 1. The number of nitrogens with one attached hydrogen (secondary N) is 2. The monoisotopic (exact) mass is 501 g/mol. The molecule has 3 atom stereocenters. The molecule has 1 saturated carbocycles. The molecule has 5 rings (SSSR count). The van der Waals surface area contributed by atoms with E-state index in [-0.39, 0.29) is 18.5 Å². The second-order valence-corrected chi connectivity index (χ2v) is 9.04. The lowest BCUT2D eigenvalue weighted by molar-refractivity contribution is -0.605. The fourth-order valence-electron chi connectivity index (χ4n) is 4.75. The van der Waals surface area contributed by atoms with Gasteiger partial charge in [0.25, 0.3) is 0 Å². The summed E-state index contributed by atoms with van der Waals surface area (Å²) in [7, 11) is 0. The number of carbonyl (C=O) groups excluding carboxylic acids is 1. The zero-order valence-electron chi connectivity index (χ0n) is 17.3. The van der Waals surface area contributed by atoms with Crippen molar-refractivity contribution >= 4 is 39.2 Å². The molecule has 0 bridgehead atoms. The molecule has 32 heavy (non-hydrogen) atoms. The fourth-order valence-corrected chi connectivity index (χ4v) is 5.09. The molecule has 11 heteroatoms. The second kappa shape index (κ2) is 8.55. The molecule has 1 aliphatic carbocycles. The van der Waals surface area contributed by atoms with Crippen LogP contribution in [0.2, 0.25) is 0 Å². The van der Waals surface area contributed by atoms with Crippen LogP contribution in [-0.4, -0.2) is 33.2 Å². The normalized spacial score (nSPS) is 22.0. The van der Waals surface area contributed by atoms with Crippen molar-refractivity contribution in [3.8, 4) is 0 Å². The van der Waals surface area contributed by atoms with Crippen LogP contribution in [0.1, 0.15) is 42.9 Å². The van der Waals surface area contributed by atoms with Crippen LogP contribution in [0, 0.1) is 11.1 Å². The molecule has 1 fully saturated rings. The summed E-state index contributed by atoms with van der Waals surface area (Å²) in [5, 5.41) is 23.2. The number of nitrogens with zero attached hydrogens (tertiary/aromatic N) is 4. The van der Waals surface area contributed by atoms with Crippen LogP contribution in [0.3, 0.4) is 0 Å². The third-order valence-corrected chi connectivity index (χ3v) is 6.74. The highest BCUT2D eigenvalue weighted by atomic mass is 79.9. The molecule has 0 saturated heterocycles. The van der Waals surface area contributed by atoms with Gasteiger partial charge < -0.3 is 26.3 Å². The van der Waals surface area contributed by atoms with Gasteiger partial charge in [0.15, 0.2) is 18.0 Å². The first kappa shape index (κ1) is 21.0. The minimum absolute atomic E-state index is 0.117. The van der Waals surface area contributed by atoms with E-state index in [1.54, 1.807) is 16.8 Å². The first-order valence-corrected chi connectivity index (χ1v) is 11.5. The molecule has 10 nitrogen and oxygen atoms in total. The summed E-state index contributed by atoms with van der Waals surface area (Å²) >= 11 is 3.52. The Labute approximate surface area is 192 Å². The van der Waals surface area contributed by atoms with Crippen LogP contribution in [0.25, 0.3) is 5.65 Å². The minimum Gasteiger partial charge on any atom is -0.619 e. The average Bonchev–Trinajstić information content (AvgIpc) is 3.17. The van der Waals surface area contributed by atoms with Gasteiger partial charge in [0, 0.05) is 30.1 Å². The smallest absolute Gasteiger partial charge is 0.320 e. The van der Waals surface area contributed by atoms with Crippen molar-refractivity contribution in [3.05, 3.63) is 51.5 Å². The number of carbonyl (C=O) groups is 1. The van der Waals surface area contributed by atoms with Crippen molar-refractivity contribution in [1.82, 2.24) is 14.6 Å². The lowest BCUT2D eigenvalue weighted by atomic mass is 9.76. The topological polar surface area (TPSA) is 134 Å². The summed E-state index contributed by atoms with van der Waals surface area (Å²) in [4.78, 5) is 17.1. The van der Waals surface area contributed by atoms with Gasteiger partial charge in [-0.25, -0.2) is 4.98 Å². The van der Waals surface area contributed by atoms with E-state index in [4.69, 9.17) is 15.5 Å². The number of aromatic nitrogens is 4. The van der Waals surface area contributed by atoms with Crippen LogP contribution in [0.4, 0.5) is 11.6 Å². The highest BCUT2D eigenvalue weighted by molar-refractivity contribution is 9.10. The Morgan fingerprint density at radius 3 is 3.09 bits per heavy atom. The average molecular weight is 502 g/mol. The van der Waals surface area contributed by atoms with Gasteiger partial charge in [-0.05, 0) is 34.8 Å². The Morgan fingerprint density at radius 1 is 1.44 bits per heavy atom. The van der Waals surface area contributed by atoms with Gasteiger partial charge in [-0.2, -0.15) is 14.3 Å². The highest BCUT2D eigenvalue weighted by Crippen LogP contribution is 2.47. The molecular formula is C21H24BrN7O3. The molecule has 4 heterocycles. The molecule has 3 aromatic heterocycles. The number of anilines is 2. The minimum atomic E-state index is -0.491. The predicted octanol–water partition coefficient (Wildman–Crippen LogP) is 2.26. The Kier molecular flexibility index (Phi) is 5.60. The van der Waals surface area contributed by atoms with E-state index in [9.17, 15) is 10.0 Å². The quantitative estimate of drug-likeness (QED) is 0.275. The maximum absolute atomic E-state index is 12.3. The van der Waals surface area contributed by atoms with E-state index in [2.05, 4.69) is 31.7 Å². The third kappa shape index (κ3) is 3.75. The number of halogens is 1.